The predicted octanol–water partition coefficient (Wildman–Crippen LogP) is 4.05. The van der Waals surface area contributed by atoms with Gasteiger partial charge in [-0.1, -0.05) is 30.7 Å². The summed E-state index contributed by atoms with van der Waals surface area (Å²) in [5, 5.41) is 2.19. The molecule has 0 saturated carbocycles. The molecule has 4 rings (SSSR count). The molecular formula is C17H21ClN2. The van der Waals surface area contributed by atoms with Crippen molar-refractivity contribution in [3.8, 4) is 0 Å². The number of piperidine rings is 1. The number of fused-ring (bicyclic) bond motifs is 4. The van der Waals surface area contributed by atoms with Crippen LogP contribution in [-0.4, -0.2) is 30.0 Å². The van der Waals surface area contributed by atoms with Crippen LogP contribution < -0.4 is 0 Å². The Morgan fingerprint density at radius 3 is 3.05 bits per heavy atom. The van der Waals surface area contributed by atoms with Gasteiger partial charge in [0.25, 0.3) is 0 Å². The topological polar surface area (TPSA) is 19.0 Å². The van der Waals surface area contributed by atoms with E-state index in [4.69, 9.17) is 11.6 Å². The molecule has 2 aliphatic rings. The van der Waals surface area contributed by atoms with E-state index >= 15 is 0 Å². The van der Waals surface area contributed by atoms with E-state index < -0.39 is 0 Å². The van der Waals surface area contributed by atoms with Crippen LogP contribution in [0, 0.1) is 11.8 Å². The van der Waals surface area contributed by atoms with Crippen molar-refractivity contribution in [1.82, 2.24) is 9.88 Å². The van der Waals surface area contributed by atoms with E-state index in [9.17, 15) is 0 Å². The van der Waals surface area contributed by atoms with Crippen LogP contribution in [0.4, 0.5) is 0 Å². The fourth-order valence-electron chi connectivity index (χ4n) is 4.43. The molecule has 2 nitrogen and oxygen atoms in total. The Balaban J connectivity index is 1.86. The number of rotatable bonds is 0. The van der Waals surface area contributed by atoms with E-state index in [1.165, 1.54) is 42.6 Å². The number of para-hydroxylation sites is 1. The standard InChI is InChI=1S/C17H21ClN2/c1-10-13-9-20(2)7-6-11(13)8-15-16(10)12-4-3-5-14(18)17(12)19-15/h3-5,10-11,13,19H,6-9H2,1-2H3. The average molecular weight is 289 g/mol. The fourth-order valence-corrected chi connectivity index (χ4v) is 4.66. The van der Waals surface area contributed by atoms with E-state index in [0.717, 1.165) is 22.4 Å². The molecule has 1 N–H and O–H groups in total. The monoisotopic (exact) mass is 288 g/mol. The van der Waals surface area contributed by atoms with Crippen LogP contribution in [0.25, 0.3) is 10.9 Å². The minimum Gasteiger partial charge on any atom is -0.357 e. The third-order valence-electron chi connectivity index (χ3n) is 5.48. The molecular weight excluding hydrogens is 268 g/mol. The zero-order chi connectivity index (χ0) is 13.9. The van der Waals surface area contributed by atoms with Crippen LogP contribution >= 0.6 is 11.6 Å². The van der Waals surface area contributed by atoms with E-state index in [0.29, 0.717) is 5.92 Å². The van der Waals surface area contributed by atoms with Crippen molar-refractivity contribution in [2.24, 2.45) is 11.8 Å². The number of hydrogen-bond donors (Lipinski definition) is 1. The van der Waals surface area contributed by atoms with Gasteiger partial charge in [0, 0.05) is 17.6 Å². The van der Waals surface area contributed by atoms with Crippen LogP contribution in [0.1, 0.15) is 30.5 Å². The van der Waals surface area contributed by atoms with Crippen molar-refractivity contribution in [2.45, 2.75) is 25.7 Å². The van der Waals surface area contributed by atoms with Crippen LogP contribution in [0.15, 0.2) is 18.2 Å². The van der Waals surface area contributed by atoms with Gasteiger partial charge < -0.3 is 9.88 Å². The number of nitrogens with zero attached hydrogens (tertiary/aromatic N) is 1. The second-order valence-electron chi connectivity index (χ2n) is 6.65. The van der Waals surface area contributed by atoms with Gasteiger partial charge in [0.1, 0.15) is 0 Å². The summed E-state index contributed by atoms with van der Waals surface area (Å²) >= 11 is 6.36. The molecule has 2 aromatic rings. The molecule has 1 aromatic carbocycles. The highest BCUT2D eigenvalue weighted by Gasteiger charge is 2.39. The quantitative estimate of drug-likeness (QED) is 0.775. The zero-order valence-electron chi connectivity index (χ0n) is 12.1. The smallest absolute Gasteiger partial charge is 0.0648 e. The normalized spacial score (nSPS) is 30.2. The van der Waals surface area contributed by atoms with Gasteiger partial charge in [-0.25, -0.2) is 0 Å². The van der Waals surface area contributed by atoms with Crippen LogP contribution in [0.5, 0.6) is 0 Å². The first-order valence-corrected chi connectivity index (χ1v) is 8.00. The van der Waals surface area contributed by atoms with E-state index in [1.807, 2.05) is 6.07 Å². The zero-order valence-corrected chi connectivity index (χ0v) is 12.9. The molecule has 1 aliphatic heterocycles. The molecule has 0 amide bonds. The summed E-state index contributed by atoms with van der Waals surface area (Å²) in [6.07, 6.45) is 2.53. The van der Waals surface area contributed by atoms with Gasteiger partial charge in [-0.05, 0) is 55.8 Å². The molecule has 1 aromatic heterocycles. The Labute approximate surface area is 125 Å². The molecule has 0 bridgehead atoms. The summed E-state index contributed by atoms with van der Waals surface area (Å²) in [5.74, 6) is 2.25. The Kier molecular flexibility index (Phi) is 2.87. The molecule has 3 unspecified atom stereocenters. The third kappa shape index (κ3) is 1.74. The Morgan fingerprint density at radius 2 is 2.20 bits per heavy atom. The van der Waals surface area contributed by atoms with Crippen molar-refractivity contribution >= 4 is 22.5 Å². The SMILES string of the molecule is CC1c2c([nH]c3c(Cl)cccc23)CC2CCN(C)CC21. The van der Waals surface area contributed by atoms with E-state index in [1.54, 1.807) is 0 Å². The van der Waals surface area contributed by atoms with Crippen molar-refractivity contribution in [3.63, 3.8) is 0 Å². The van der Waals surface area contributed by atoms with Crippen molar-refractivity contribution in [1.29, 1.82) is 0 Å². The summed E-state index contributed by atoms with van der Waals surface area (Å²) in [4.78, 5) is 6.10. The summed E-state index contributed by atoms with van der Waals surface area (Å²) in [6, 6.07) is 6.28. The highest BCUT2D eigenvalue weighted by atomic mass is 35.5. The van der Waals surface area contributed by atoms with Gasteiger partial charge in [0.15, 0.2) is 0 Å². The van der Waals surface area contributed by atoms with Crippen LogP contribution in [0.3, 0.4) is 0 Å². The molecule has 1 saturated heterocycles. The van der Waals surface area contributed by atoms with Crippen molar-refractivity contribution < 1.29 is 0 Å². The van der Waals surface area contributed by atoms with Gasteiger partial charge in [-0.2, -0.15) is 0 Å². The van der Waals surface area contributed by atoms with Gasteiger partial charge >= 0.3 is 0 Å². The maximum atomic E-state index is 6.36. The summed E-state index contributed by atoms with van der Waals surface area (Å²) in [7, 11) is 2.25. The number of aromatic nitrogens is 1. The second kappa shape index (κ2) is 4.51. The minimum absolute atomic E-state index is 0.624. The lowest BCUT2D eigenvalue weighted by molar-refractivity contribution is 0.116. The Morgan fingerprint density at radius 1 is 1.35 bits per heavy atom. The maximum absolute atomic E-state index is 6.36. The number of hydrogen-bond acceptors (Lipinski definition) is 1. The fraction of sp³-hybridized carbons (Fsp3) is 0.529. The lowest BCUT2D eigenvalue weighted by atomic mass is 9.68. The van der Waals surface area contributed by atoms with E-state index in [2.05, 4.69) is 36.0 Å². The van der Waals surface area contributed by atoms with Gasteiger partial charge in [-0.3, -0.25) is 0 Å². The van der Waals surface area contributed by atoms with Crippen molar-refractivity contribution in [2.75, 3.05) is 20.1 Å². The molecule has 0 spiro atoms. The molecule has 0 radical (unpaired) electrons. The molecule has 2 heterocycles. The average Bonchev–Trinajstić information content (AvgIpc) is 2.80. The second-order valence-corrected chi connectivity index (χ2v) is 7.05. The Hall–Kier alpha value is -0.990. The third-order valence-corrected chi connectivity index (χ3v) is 5.79. The van der Waals surface area contributed by atoms with Crippen LogP contribution in [0.2, 0.25) is 5.02 Å². The number of benzene rings is 1. The van der Waals surface area contributed by atoms with Gasteiger partial charge in [0.05, 0.1) is 10.5 Å². The van der Waals surface area contributed by atoms with Crippen LogP contribution in [-0.2, 0) is 6.42 Å². The molecule has 3 atom stereocenters. The summed E-state index contributed by atoms with van der Waals surface area (Å²) in [5.41, 5.74) is 4.10. The van der Waals surface area contributed by atoms with Gasteiger partial charge in [0.2, 0.25) is 0 Å². The van der Waals surface area contributed by atoms with E-state index in [-0.39, 0.29) is 0 Å². The number of H-pyrrole nitrogens is 1. The molecule has 3 heteroatoms. The predicted molar refractivity (Wildman–Crippen MR) is 84.5 cm³/mol. The first-order chi connectivity index (χ1) is 9.65. The highest BCUT2D eigenvalue weighted by molar-refractivity contribution is 6.35. The number of aromatic amines is 1. The summed E-state index contributed by atoms with van der Waals surface area (Å²) in [6.45, 7) is 4.88. The van der Waals surface area contributed by atoms with Gasteiger partial charge in [-0.15, -0.1) is 0 Å². The number of likely N-dealkylation sites (tertiary alicyclic amines) is 1. The first-order valence-electron chi connectivity index (χ1n) is 7.62. The maximum Gasteiger partial charge on any atom is 0.0648 e. The van der Waals surface area contributed by atoms with Crippen molar-refractivity contribution in [3.05, 3.63) is 34.5 Å². The molecule has 1 aliphatic carbocycles. The minimum atomic E-state index is 0.624. The first kappa shape index (κ1) is 12.7. The largest absolute Gasteiger partial charge is 0.357 e. The molecule has 106 valence electrons. The highest BCUT2D eigenvalue weighted by Crippen LogP contribution is 2.46. The number of nitrogens with one attached hydrogen (secondary N) is 1. The lowest BCUT2D eigenvalue weighted by Crippen LogP contribution is -2.43. The lowest BCUT2D eigenvalue weighted by Gasteiger charge is -2.43. The summed E-state index contributed by atoms with van der Waals surface area (Å²) < 4.78 is 0. The Bertz CT molecular complexity index is 660. The molecule has 1 fully saturated rings. The molecule has 20 heavy (non-hydrogen) atoms. The number of halogens is 1.